The molecular formula is C17H33N3O. The van der Waals surface area contributed by atoms with Gasteiger partial charge in [-0.1, -0.05) is 0 Å². The Morgan fingerprint density at radius 1 is 1.19 bits per heavy atom. The van der Waals surface area contributed by atoms with Gasteiger partial charge in [-0.05, 0) is 60.4 Å². The molecule has 0 aromatic rings. The van der Waals surface area contributed by atoms with Crippen LogP contribution < -0.4 is 5.73 Å². The highest BCUT2D eigenvalue weighted by Gasteiger charge is 2.61. The quantitative estimate of drug-likeness (QED) is 0.844. The summed E-state index contributed by atoms with van der Waals surface area (Å²) in [5, 5.41) is 0. The normalized spacial score (nSPS) is 43.1. The molecule has 3 rings (SSSR count). The standard InChI is InChI=1S/C17H33N3O/c1-13-9-19-8-6-7-14(19)10-20(13)17(12-18)11-15(2,3)21-16(17,4)5/h13-14H,6-12,18H2,1-5H3. The van der Waals surface area contributed by atoms with E-state index < -0.39 is 0 Å². The predicted octanol–water partition coefficient (Wildman–Crippen LogP) is 1.83. The topological polar surface area (TPSA) is 41.7 Å². The number of nitrogens with zero attached hydrogens (tertiary/aromatic N) is 2. The molecule has 4 heteroatoms. The van der Waals surface area contributed by atoms with Gasteiger partial charge in [-0.25, -0.2) is 0 Å². The fourth-order valence-corrected chi connectivity index (χ4v) is 5.41. The summed E-state index contributed by atoms with van der Waals surface area (Å²) in [4.78, 5) is 5.38. The van der Waals surface area contributed by atoms with E-state index in [1.807, 2.05) is 0 Å². The van der Waals surface area contributed by atoms with Crippen LogP contribution in [-0.4, -0.2) is 64.8 Å². The molecule has 0 saturated carbocycles. The minimum atomic E-state index is -0.194. The zero-order valence-electron chi connectivity index (χ0n) is 14.5. The van der Waals surface area contributed by atoms with Gasteiger partial charge in [-0.15, -0.1) is 0 Å². The van der Waals surface area contributed by atoms with Gasteiger partial charge in [-0.2, -0.15) is 0 Å². The minimum Gasteiger partial charge on any atom is -0.368 e. The molecular weight excluding hydrogens is 262 g/mol. The second kappa shape index (κ2) is 4.92. The highest BCUT2D eigenvalue weighted by Crippen LogP contribution is 2.49. The Balaban J connectivity index is 1.92. The van der Waals surface area contributed by atoms with Crippen LogP contribution in [0.25, 0.3) is 0 Å². The molecule has 0 aromatic carbocycles. The molecule has 4 nitrogen and oxygen atoms in total. The van der Waals surface area contributed by atoms with E-state index in [1.54, 1.807) is 0 Å². The van der Waals surface area contributed by atoms with Crippen molar-refractivity contribution in [3.63, 3.8) is 0 Å². The van der Waals surface area contributed by atoms with E-state index in [4.69, 9.17) is 10.5 Å². The first-order valence-electron chi connectivity index (χ1n) is 8.62. The van der Waals surface area contributed by atoms with E-state index in [9.17, 15) is 0 Å². The Labute approximate surface area is 130 Å². The van der Waals surface area contributed by atoms with Gasteiger partial charge in [-0.3, -0.25) is 9.80 Å². The lowest BCUT2D eigenvalue weighted by atomic mass is 9.76. The largest absolute Gasteiger partial charge is 0.368 e. The van der Waals surface area contributed by atoms with Crippen molar-refractivity contribution < 1.29 is 4.74 Å². The number of fused-ring (bicyclic) bond motifs is 1. The van der Waals surface area contributed by atoms with E-state index in [1.165, 1.54) is 25.9 Å². The summed E-state index contributed by atoms with van der Waals surface area (Å²) >= 11 is 0. The molecule has 3 atom stereocenters. The van der Waals surface area contributed by atoms with Crippen molar-refractivity contribution in [1.29, 1.82) is 0 Å². The van der Waals surface area contributed by atoms with Crippen LogP contribution in [0.4, 0.5) is 0 Å². The summed E-state index contributed by atoms with van der Waals surface area (Å²) in [6.45, 7) is 15.6. The van der Waals surface area contributed by atoms with Gasteiger partial charge in [0.05, 0.1) is 16.7 Å². The van der Waals surface area contributed by atoms with Gasteiger partial charge in [0.15, 0.2) is 0 Å². The summed E-state index contributed by atoms with van der Waals surface area (Å²) in [6, 6.07) is 1.28. The molecule has 3 aliphatic rings. The second-order valence-electron chi connectivity index (χ2n) is 8.58. The third-order valence-electron chi connectivity index (χ3n) is 6.20. The summed E-state index contributed by atoms with van der Waals surface area (Å²) in [5.74, 6) is 0. The summed E-state index contributed by atoms with van der Waals surface area (Å²) in [5.41, 5.74) is 6.04. The Hall–Kier alpha value is -0.160. The number of piperazine rings is 1. The molecule has 3 fully saturated rings. The van der Waals surface area contributed by atoms with Crippen LogP contribution in [-0.2, 0) is 4.74 Å². The maximum absolute atomic E-state index is 6.42. The molecule has 21 heavy (non-hydrogen) atoms. The number of hydrogen-bond acceptors (Lipinski definition) is 4. The molecule has 3 aliphatic heterocycles. The van der Waals surface area contributed by atoms with E-state index in [0.717, 1.165) is 19.0 Å². The zero-order valence-corrected chi connectivity index (χ0v) is 14.5. The van der Waals surface area contributed by atoms with Gasteiger partial charge in [0.2, 0.25) is 0 Å². The monoisotopic (exact) mass is 295 g/mol. The third-order valence-corrected chi connectivity index (χ3v) is 6.20. The lowest BCUT2D eigenvalue weighted by molar-refractivity contribution is -0.122. The Morgan fingerprint density at radius 2 is 1.90 bits per heavy atom. The number of hydrogen-bond donors (Lipinski definition) is 1. The first-order chi connectivity index (χ1) is 9.71. The molecule has 3 saturated heterocycles. The molecule has 122 valence electrons. The molecule has 0 spiro atoms. The first kappa shape index (κ1) is 15.7. The maximum atomic E-state index is 6.42. The van der Waals surface area contributed by atoms with Crippen molar-refractivity contribution in [2.75, 3.05) is 26.2 Å². The van der Waals surface area contributed by atoms with Gasteiger partial charge < -0.3 is 10.5 Å². The minimum absolute atomic E-state index is 0.0371. The average molecular weight is 295 g/mol. The SMILES string of the molecule is CC1CN2CCCC2CN1C1(CN)CC(C)(C)OC1(C)C. The van der Waals surface area contributed by atoms with Crippen LogP contribution in [0.5, 0.6) is 0 Å². The number of nitrogens with two attached hydrogens (primary N) is 1. The van der Waals surface area contributed by atoms with Crippen LogP contribution in [0, 0.1) is 0 Å². The third kappa shape index (κ3) is 2.35. The highest BCUT2D eigenvalue weighted by molar-refractivity contribution is 5.15. The fraction of sp³-hybridized carbons (Fsp3) is 1.00. The number of rotatable bonds is 2. The van der Waals surface area contributed by atoms with Crippen LogP contribution in [0.2, 0.25) is 0 Å². The smallest absolute Gasteiger partial charge is 0.0830 e. The fourth-order valence-electron chi connectivity index (χ4n) is 5.41. The lowest BCUT2D eigenvalue weighted by Gasteiger charge is -2.55. The molecule has 0 aliphatic carbocycles. The lowest BCUT2D eigenvalue weighted by Crippen LogP contribution is -2.70. The second-order valence-corrected chi connectivity index (χ2v) is 8.58. The average Bonchev–Trinajstić information content (AvgIpc) is 2.87. The molecule has 0 amide bonds. The Morgan fingerprint density at radius 3 is 2.48 bits per heavy atom. The summed E-state index contributed by atoms with van der Waals surface area (Å²) < 4.78 is 6.42. The van der Waals surface area contributed by atoms with E-state index in [0.29, 0.717) is 12.6 Å². The van der Waals surface area contributed by atoms with Crippen molar-refractivity contribution in [1.82, 2.24) is 9.80 Å². The van der Waals surface area contributed by atoms with Gasteiger partial charge >= 0.3 is 0 Å². The van der Waals surface area contributed by atoms with Gasteiger partial charge in [0, 0.05) is 31.7 Å². The first-order valence-corrected chi connectivity index (χ1v) is 8.62. The van der Waals surface area contributed by atoms with Crippen molar-refractivity contribution in [3.8, 4) is 0 Å². The maximum Gasteiger partial charge on any atom is 0.0830 e. The predicted molar refractivity (Wildman–Crippen MR) is 86.4 cm³/mol. The Kier molecular flexibility index (Phi) is 3.68. The van der Waals surface area contributed by atoms with E-state index >= 15 is 0 Å². The van der Waals surface area contributed by atoms with E-state index in [-0.39, 0.29) is 16.7 Å². The Bertz CT molecular complexity index is 409. The molecule has 0 bridgehead atoms. The molecule has 0 aromatic heterocycles. The van der Waals surface area contributed by atoms with Crippen LogP contribution in [0.3, 0.4) is 0 Å². The van der Waals surface area contributed by atoms with Crippen LogP contribution in [0.1, 0.15) is 53.9 Å². The summed E-state index contributed by atoms with van der Waals surface area (Å²) in [6.07, 6.45) is 3.72. The molecule has 2 N–H and O–H groups in total. The van der Waals surface area contributed by atoms with Crippen LogP contribution >= 0.6 is 0 Å². The van der Waals surface area contributed by atoms with Crippen molar-refractivity contribution >= 4 is 0 Å². The van der Waals surface area contributed by atoms with Crippen molar-refractivity contribution in [2.45, 2.75) is 82.7 Å². The molecule has 0 radical (unpaired) electrons. The number of ether oxygens (including phenoxy) is 1. The highest BCUT2D eigenvalue weighted by atomic mass is 16.5. The zero-order chi connectivity index (χ0) is 15.5. The van der Waals surface area contributed by atoms with Gasteiger partial charge in [0.1, 0.15) is 0 Å². The van der Waals surface area contributed by atoms with Gasteiger partial charge in [0.25, 0.3) is 0 Å². The molecule has 3 unspecified atom stereocenters. The van der Waals surface area contributed by atoms with Crippen molar-refractivity contribution in [3.05, 3.63) is 0 Å². The van der Waals surface area contributed by atoms with Crippen LogP contribution in [0.15, 0.2) is 0 Å². The van der Waals surface area contributed by atoms with E-state index in [2.05, 4.69) is 44.4 Å². The molecule has 3 heterocycles. The van der Waals surface area contributed by atoms with Crippen molar-refractivity contribution in [2.24, 2.45) is 5.73 Å². The summed E-state index contributed by atoms with van der Waals surface area (Å²) in [7, 11) is 0.